The van der Waals surface area contributed by atoms with Crippen molar-refractivity contribution < 1.29 is 47.3 Å². The lowest BCUT2D eigenvalue weighted by Gasteiger charge is -2.24. The number of aromatic nitrogens is 3. The van der Waals surface area contributed by atoms with E-state index in [4.69, 9.17) is 34.3 Å². The molecule has 0 saturated carbocycles. The highest BCUT2D eigenvalue weighted by molar-refractivity contribution is 7.47. The van der Waals surface area contributed by atoms with E-state index in [9.17, 15) is 29.3 Å². The number of fused-ring (bicyclic) bond motifs is 1. The number of benzene rings is 1. The van der Waals surface area contributed by atoms with Crippen molar-refractivity contribution in [1.82, 2.24) is 14.6 Å². The molecule has 6 atom stereocenters. The molecule has 3 aromatic rings. The molecule has 1 aliphatic heterocycles. The van der Waals surface area contributed by atoms with Gasteiger partial charge in [-0.3, -0.25) is 9.05 Å². The number of hydrogen-bond donors (Lipinski definition) is 4. The number of hydrogen-bond acceptors (Lipinski definition) is 13. The Morgan fingerprint density at radius 2 is 1.69 bits per heavy atom. The van der Waals surface area contributed by atoms with Crippen LogP contribution in [0.3, 0.4) is 0 Å². The van der Waals surface area contributed by atoms with Crippen LogP contribution in [-0.4, -0.2) is 80.5 Å². The van der Waals surface area contributed by atoms with Gasteiger partial charge in [-0.1, -0.05) is 82.9 Å². The molecule has 0 radical (unpaired) electrons. The summed E-state index contributed by atoms with van der Waals surface area (Å²) in [6, 6.07) is 10.7. The zero-order valence-corrected chi connectivity index (χ0v) is 34.2. The molecule has 2 aromatic heterocycles. The first-order valence-corrected chi connectivity index (χ1v) is 21.7. The lowest BCUT2D eigenvalue weighted by atomic mass is 9.92. The lowest BCUT2D eigenvalue weighted by molar-refractivity contribution is -0.0691. The molecule has 15 nitrogen and oxygen atoms in total. The fourth-order valence-corrected chi connectivity index (χ4v) is 7.45. The number of phosphoric acid groups is 1. The molecule has 1 saturated heterocycles. The van der Waals surface area contributed by atoms with Gasteiger partial charge in [0.15, 0.2) is 5.82 Å². The van der Waals surface area contributed by atoms with Gasteiger partial charge in [-0.2, -0.15) is 15.6 Å². The number of nitrogen functional groups attached to an aromatic ring is 1. The fourth-order valence-electron chi connectivity index (χ4n) is 6.68. The van der Waals surface area contributed by atoms with E-state index in [2.05, 4.69) is 29.2 Å². The molecule has 1 unspecified atom stereocenters. The van der Waals surface area contributed by atoms with Crippen molar-refractivity contribution in [3.63, 3.8) is 0 Å². The van der Waals surface area contributed by atoms with Gasteiger partial charge in [-0.25, -0.2) is 18.5 Å². The first-order chi connectivity index (χ1) is 28.0. The van der Waals surface area contributed by atoms with E-state index < -0.39 is 56.9 Å². The maximum atomic E-state index is 14.6. The smallest absolute Gasteiger partial charge is 0.387 e. The average Bonchev–Trinajstić information content (AvgIpc) is 3.77. The van der Waals surface area contributed by atoms with Gasteiger partial charge in [0.2, 0.25) is 5.60 Å². The number of unbranched alkanes of at least 4 members (excludes halogenated alkanes) is 12. The number of halogens is 1. The van der Waals surface area contributed by atoms with Crippen molar-refractivity contribution in [3.05, 3.63) is 71.4 Å². The summed E-state index contributed by atoms with van der Waals surface area (Å²) < 4.78 is 56.6. The molecule has 0 amide bonds. The van der Waals surface area contributed by atoms with Crippen LogP contribution in [0.4, 0.5) is 10.2 Å². The third-order valence-corrected chi connectivity index (χ3v) is 11.0. The number of ether oxygens (including phenoxy) is 3. The summed E-state index contributed by atoms with van der Waals surface area (Å²) in [6.45, 7) is 1.14. The number of nitriles is 2. The number of rotatable bonds is 28. The minimum Gasteiger partial charge on any atom is -0.387 e. The Hall–Kier alpha value is -3.80. The topological polar surface area (TPSA) is 228 Å². The zero-order chi connectivity index (χ0) is 41.8. The normalized spacial score (nSPS) is 21.0. The summed E-state index contributed by atoms with van der Waals surface area (Å²) in [4.78, 5) is 14.4. The van der Waals surface area contributed by atoms with Gasteiger partial charge in [0.05, 0.1) is 43.8 Å². The van der Waals surface area contributed by atoms with Crippen molar-refractivity contribution in [3.8, 4) is 12.1 Å². The minimum absolute atomic E-state index is 0.0381. The van der Waals surface area contributed by atoms with E-state index in [0.717, 1.165) is 44.5 Å². The third-order valence-electron chi connectivity index (χ3n) is 10.1. The predicted octanol–water partition coefficient (Wildman–Crippen LogP) is 6.93. The molecule has 0 spiro atoms. The highest BCUT2D eigenvalue weighted by Crippen LogP contribution is 2.46. The van der Waals surface area contributed by atoms with E-state index in [1.165, 1.54) is 86.6 Å². The summed E-state index contributed by atoms with van der Waals surface area (Å²) in [6.07, 6.45) is 16.4. The van der Waals surface area contributed by atoms with Gasteiger partial charge < -0.3 is 35.1 Å². The fraction of sp³-hybridized carbons (Fsp3) is 0.610. The second-order valence-electron chi connectivity index (χ2n) is 14.5. The minimum atomic E-state index is -4.84. The summed E-state index contributed by atoms with van der Waals surface area (Å²) in [5.74, 6) is -0.538. The zero-order valence-electron chi connectivity index (χ0n) is 33.3. The maximum absolute atomic E-state index is 14.6. The highest BCUT2D eigenvalue weighted by atomic mass is 31.2. The summed E-state index contributed by atoms with van der Waals surface area (Å²) in [5.41, 5.74) is 4.45. The Labute approximate surface area is 340 Å². The van der Waals surface area contributed by atoms with Crippen molar-refractivity contribution >= 4 is 19.2 Å². The van der Waals surface area contributed by atoms with Crippen molar-refractivity contribution in [2.24, 2.45) is 0 Å². The van der Waals surface area contributed by atoms with Gasteiger partial charge in [0.25, 0.3) is 0 Å². The molecular formula is C41H58FN6O9P. The SMILES string of the molecule is CCCCCCCC/C=C/CCCCCCCCOC[C@H](COP(=O)(O)OC[C@H]1O[C@@](C#N)(c2ccc3c(N)ncnn23)[C@H](O)[C@@H]1O)OCc1ccc(C#N)cc1F. The van der Waals surface area contributed by atoms with Crippen molar-refractivity contribution in [2.75, 3.05) is 32.2 Å². The van der Waals surface area contributed by atoms with E-state index in [1.807, 2.05) is 12.1 Å². The molecule has 58 heavy (non-hydrogen) atoms. The summed E-state index contributed by atoms with van der Waals surface area (Å²) >= 11 is 0. The van der Waals surface area contributed by atoms with Crippen LogP contribution in [0, 0.1) is 28.5 Å². The van der Waals surface area contributed by atoms with Gasteiger partial charge >= 0.3 is 7.82 Å². The van der Waals surface area contributed by atoms with Crippen LogP contribution >= 0.6 is 7.82 Å². The molecule has 1 fully saturated rings. The first kappa shape index (κ1) is 46.9. The molecule has 5 N–H and O–H groups in total. The Kier molecular flexibility index (Phi) is 19.7. The van der Waals surface area contributed by atoms with Crippen molar-refractivity contribution in [2.45, 2.75) is 133 Å². The Bertz CT molecular complexity index is 1870. The number of aliphatic hydroxyl groups is 2. The van der Waals surface area contributed by atoms with E-state index in [-0.39, 0.29) is 35.9 Å². The molecule has 1 aromatic carbocycles. The van der Waals surface area contributed by atoms with Gasteiger partial charge in [0.1, 0.15) is 48.1 Å². The van der Waals surface area contributed by atoms with E-state index in [0.29, 0.717) is 12.1 Å². The molecule has 0 aliphatic carbocycles. The highest BCUT2D eigenvalue weighted by Gasteiger charge is 2.58. The quantitative estimate of drug-likeness (QED) is 0.0331. The first-order valence-electron chi connectivity index (χ1n) is 20.2. The van der Waals surface area contributed by atoms with Crippen LogP contribution in [0.1, 0.15) is 114 Å². The van der Waals surface area contributed by atoms with Crippen LogP contribution in [0.15, 0.2) is 48.8 Å². The number of anilines is 1. The Morgan fingerprint density at radius 3 is 2.36 bits per heavy atom. The maximum Gasteiger partial charge on any atom is 0.472 e. The number of nitrogens with zero attached hydrogens (tertiary/aromatic N) is 5. The Balaban J connectivity index is 1.21. The summed E-state index contributed by atoms with van der Waals surface area (Å²) in [5, 5.41) is 45.0. The van der Waals surface area contributed by atoms with Crippen LogP contribution in [-0.2, 0) is 40.0 Å². The van der Waals surface area contributed by atoms with Crippen LogP contribution in [0.5, 0.6) is 0 Å². The molecule has 3 heterocycles. The standard InChI is InChI=1S/C41H58FN6O9P/c1-2-3-4-5-6-7-8-9-10-11-12-13-14-15-16-17-22-53-26-33(54-25-32-19-18-31(24-43)23-34(32)42)27-55-58(51,52)56-28-36-38(49)39(50)41(29-44,57-36)37-21-20-35-40(45)46-30-47-48(35)37/h9-10,18-21,23,30,33,36,38-39,49-50H,2-8,11-17,22,25-28H2,1H3,(H,51,52)(H2,45,46,47)/b10-9+/t33-,36-,38-,39-,41+/m1/s1. The third kappa shape index (κ3) is 13.9. The molecular weight excluding hydrogens is 770 g/mol. The van der Waals surface area contributed by atoms with E-state index in [1.54, 1.807) is 0 Å². The largest absolute Gasteiger partial charge is 0.472 e. The number of allylic oxidation sites excluding steroid dienone is 2. The second kappa shape index (κ2) is 24.3. The molecule has 4 rings (SSSR count). The van der Waals surface area contributed by atoms with Crippen LogP contribution in [0.2, 0.25) is 0 Å². The van der Waals surface area contributed by atoms with Gasteiger partial charge in [-0.05, 0) is 56.4 Å². The average molecular weight is 829 g/mol. The molecule has 0 bridgehead atoms. The van der Waals surface area contributed by atoms with E-state index >= 15 is 0 Å². The summed E-state index contributed by atoms with van der Waals surface area (Å²) in [7, 11) is -4.84. The molecule has 17 heteroatoms. The van der Waals surface area contributed by atoms with Gasteiger partial charge in [0, 0.05) is 12.2 Å². The number of aliphatic hydroxyl groups excluding tert-OH is 2. The Morgan fingerprint density at radius 1 is 1.00 bits per heavy atom. The lowest BCUT2D eigenvalue weighted by Crippen LogP contribution is -2.41. The number of phosphoric ester groups is 1. The van der Waals surface area contributed by atoms with Crippen LogP contribution < -0.4 is 5.73 Å². The second-order valence-corrected chi connectivity index (χ2v) is 16.0. The van der Waals surface area contributed by atoms with Crippen LogP contribution in [0.25, 0.3) is 5.52 Å². The van der Waals surface area contributed by atoms with Gasteiger partial charge in [-0.15, -0.1) is 0 Å². The van der Waals surface area contributed by atoms with Crippen molar-refractivity contribution in [1.29, 1.82) is 10.5 Å². The predicted molar refractivity (Wildman–Crippen MR) is 213 cm³/mol. The number of nitrogens with two attached hydrogens (primary N) is 1. The molecule has 318 valence electrons. The monoisotopic (exact) mass is 828 g/mol. The molecule has 1 aliphatic rings.